The molecule has 0 N–H and O–H groups in total. The molecule has 130 valence electrons. The monoisotopic (exact) mass is 340 g/mol. The van der Waals surface area contributed by atoms with Crippen LogP contribution in [0, 0.1) is 23.7 Å². The van der Waals surface area contributed by atoms with Gasteiger partial charge in [-0.05, 0) is 37.3 Å². The van der Waals surface area contributed by atoms with E-state index in [1.165, 1.54) is 6.21 Å². The second kappa shape index (κ2) is 6.02. The number of carbonyl (C=O) groups excluding carboxylic acids is 2. The second-order valence-corrected chi connectivity index (χ2v) is 6.54. The van der Waals surface area contributed by atoms with E-state index in [1.54, 1.807) is 13.2 Å². The second-order valence-electron chi connectivity index (χ2n) is 6.54. The van der Waals surface area contributed by atoms with Crippen molar-refractivity contribution in [3.63, 3.8) is 0 Å². The number of hydrogen-bond donors (Lipinski definition) is 0. The highest BCUT2D eigenvalue weighted by Gasteiger charge is 2.59. The average molecular weight is 340 g/mol. The van der Waals surface area contributed by atoms with E-state index in [4.69, 9.17) is 9.47 Å². The zero-order chi connectivity index (χ0) is 17.6. The van der Waals surface area contributed by atoms with Crippen LogP contribution in [0.2, 0.25) is 0 Å². The zero-order valence-electron chi connectivity index (χ0n) is 14.2. The Morgan fingerprint density at radius 3 is 2.48 bits per heavy atom. The summed E-state index contributed by atoms with van der Waals surface area (Å²) in [6, 6.07) is 5.42. The number of fused-ring (bicyclic) bond motifs is 5. The quantitative estimate of drug-likeness (QED) is 0.468. The first-order valence-corrected chi connectivity index (χ1v) is 8.55. The van der Waals surface area contributed by atoms with Crippen molar-refractivity contribution in [3.8, 4) is 11.5 Å². The van der Waals surface area contributed by atoms with E-state index in [-0.39, 0.29) is 35.5 Å². The van der Waals surface area contributed by atoms with Crippen LogP contribution in [0.3, 0.4) is 0 Å². The Hall–Kier alpha value is -2.63. The van der Waals surface area contributed by atoms with Crippen LogP contribution >= 0.6 is 0 Å². The van der Waals surface area contributed by atoms with Crippen LogP contribution in [0.15, 0.2) is 35.5 Å². The number of benzene rings is 1. The van der Waals surface area contributed by atoms with E-state index in [0.717, 1.165) is 11.4 Å². The maximum Gasteiger partial charge on any atom is 0.254 e. The molecule has 4 atom stereocenters. The summed E-state index contributed by atoms with van der Waals surface area (Å²) >= 11 is 0. The standard InChI is InChI=1S/C19H20N2O4/c1-3-25-17-13(5-4-6-14(17)24-2)10-20-21-18(22)15-11-7-8-12(9-11)16(15)19(21)23/h4-8,10-12,15-16H,3,9H2,1-2H3. The van der Waals surface area contributed by atoms with Crippen molar-refractivity contribution in [1.29, 1.82) is 0 Å². The molecular formula is C19H20N2O4. The molecule has 1 aliphatic heterocycles. The van der Waals surface area contributed by atoms with Crippen LogP contribution in [0.25, 0.3) is 0 Å². The lowest BCUT2D eigenvalue weighted by Crippen LogP contribution is -2.28. The average Bonchev–Trinajstić information content (AvgIpc) is 3.29. The lowest BCUT2D eigenvalue weighted by Gasteiger charge is -2.13. The van der Waals surface area contributed by atoms with Crippen molar-refractivity contribution in [3.05, 3.63) is 35.9 Å². The molecule has 2 aliphatic carbocycles. The summed E-state index contributed by atoms with van der Waals surface area (Å²) in [4.78, 5) is 25.3. The van der Waals surface area contributed by atoms with Crippen molar-refractivity contribution < 1.29 is 19.1 Å². The maximum atomic E-state index is 12.6. The van der Waals surface area contributed by atoms with Gasteiger partial charge in [-0.3, -0.25) is 9.59 Å². The predicted molar refractivity (Wildman–Crippen MR) is 91.3 cm³/mol. The van der Waals surface area contributed by atoms with E-state index in [1.807, 2.05) is 19.1 Å². The third-order valence-electron chi connectivity index (χ3n) is 5.28. The van der Waals surface area contributed by atoms with Gasteiger partial charge in [0.05, 0.1) is 31.8 Å². The Morgan fingerprint density at radius 2 is 1.88 bits per heavy atom. The molecule has 0 radical (unpaired) electrons. The molecule has 6 nitrogen and oxygen atoms in total. The molecule has 4 rings (SSSR count). The number of rotatable bonds is 5. The molecule has 4 unspecified atom stereocenters. The van der Waals surface area contributed by atoms with Crippen LogP contribution in [0.1, 0.15) is 18.9 Å². The van der Waals surface area contributed by atoms with E-state index in [9.17, 15) is 9.59 Å². The summed E-state index contributed by atoms with van der Waals surface area (Å²) in [6.07, 6.45) is 6.55. The summed E-state index contributed by atoms with van der Waals surface area (Å²) in [6.45, 7) is 2.35. The zero-order valence-corrected chi connectivity index (χ0v) is 14.2. The molecule has 1 aromatic carbocycles. The minimum atomic E-state index is -0.240. The van der Waals surface area contributed by atoms with Crippen LogP contribution < -0.4 is 9.47 Å². The number of hydrazone groups is 1. The fourth-order valence-corrected chi connectivity index (χ4v) is 4.21. The van der Waals surface area contributed by atoms with Gasteiger partial charge in [-0.1, -0.05) is 18.2 Å². The summed E-state index contributed by atoms with van der Waals surface area (Å²) < 4.78 is 10.9. The first-order valence-electron chi connectivity index (χ1n) is 8.55. The number of amides is 2. The van der Waals surface area contributed by atoms with E-state index in [0.29, 0.717) is 23.7 Å². The predicted octanol–water partition coefficient (Wildman–Crippen LogP) is 2.23. The topological polar surface area (TPSA) is 68.2 Å². The first kappa shape index (κ1) is 15.9. The molecule has 0 aromatic heterocycles. The lowest BCUT2D eigenvalue weighted by molar-refractivity contribution is -0.140. The van der Waals surface area contributed by atoms with Gasteiger partial charge in [0.15, 0.2) is 11.5 Å². The number of allylic oxidation sites excluding steroid dienone is 2. The fraction of sp³-hybridized carbons (Fsp3) is 0.421. The van der Waals surface area contributed by atoms with Crippen molar-refractivity contribution in [1.82, 2.24) is 5.01 Å². The molecule has 0 spiro atoms. The third kappa shape index (κ3) is 2.35. The Bertz CT molecular complexity index is 756. The highest BCUT2D eigenvalue weighted by Crippen LogP contribution is 2.52. The minimum Gasteiger partial charge on any atom is -0.493 e. The molecule has 2 amide bonds. The number of methoxy groups -OCH3 is 1. The largest absolute Gasteiger partial charge is 0.493 e. The number of hydrogen-bond acceptors (Lipinski definition) is 5. The Labute approximate surface area is 146 Å². The fourth-order valence-electron chi connectivity index (χ4n) is 4.21. The summed E-state index contributed by atoms with van der Waals surface area (Å²) in [5.41, 5.74) is 0.667. The SMILES string of the molecule is CCOc1c(C=NN2C(=O)C3C4C=CC(C4)C3C2=O)cccc1OC. The van der Waals surface area contributed by atoms with Crippen molar-refractivity contribution >= 4 is 18.0 Å². The molecule has 25 heavy (non-hydrogen) atoms. The normalized spacial score (nSPS) is 29.8. The van der Waals surface area contributed by atoms with Gasteiger partial charge in [-0.25, -0.2) is 0 Å². The highest BCUT2D eigenvalue weighted by molar-refractivity contribution is 6.07. The number of ether oxygens (including phenoxy) is 2. The molecule has 2 bridgehead atoms. The molecule has 1 saturated heterocycles. The molecule has 1 aromatic rings. The molecule has 2 fully saturated rings. The Balaban J connectivity index is 1.61. The van der Waals surface area contributed by atoms with Crippen LogP contribution in [0.5, 0.6) is 11.5 Å². The lowest BCUT2D eigenvalue weighted by atomic mass is 9.85. The van der Waals surface area contributed by atoms with Crippen LogP contribution in [0.4, 0.5) is 0 Å². The smallest absolute Gasteiger partial charge is 0.254 e. The van der Waals surface area contributed by atoms with Gasteiger partial charge in [-0.15, -0.1) is 0 Å². The van der Waals surface area contributed by atoms with Crippen molar-refractivity contribution in [2.75, 3.05) is 13.7 Å². The van der Waals surface area contributed by atoms with Crippen LogP contribution in [-0.2, 0) is 9.59 Å². The molecule has 1 heterocycles. The molecule has 3 aliphatic rings. The number of para-hydroxylation sites is 1. The van der Waals surface area contributed by atoms with Gasteiger partial charge < -0.3 is 9.47 Å². The van der Waals surface area contributed by atoms with Crippen LogP contribution in [-0.4, -0.2) is 36.8 Å². The van der Waals surface area contributed by atoms with Crippen molar-refractivity contribution in [2.24, 2.45) is 28.8 Å². The maximum absolute atomic E-state index is 12.6. The van der Waals surface area contributed by atoms with Gasteiger partial charge >= 0.3 is 0 Å². The number of imide groups is 1. The van der Waals surface area contributed by atoms with E-state index in [2.05, 4.69) is 17.3 Å². The Morgan fingerprint density at radius 1 is 1.20 bits per heavy atom. The molecular weight excluding hydrogens is 320 g/mol. The Kier molecular flexibility index (Phi) is 3.82. The van der Waals surface area contributed by atoms with Gasteiger partial charge in [0.25, 0.3) is 11.8 Å². The van der Waals surface area contributed by atoms with Gasteiger partial charge in [-0.2, -0.15) is 10.1 Å². The highest BCUT2D eigenvalue weighted by atomic mass is 16.5. The third-order valence-corrected chi connectivity index (χ3v) is 5.28. The van der Waals surface area contributed by atoms with E-state index < -0.39 is 0 Å². The summed E-state index contributed by atoms with van der Waals surface area (Å²) in [5, 5.41) is 5.24. The first-order chi connectivity index (χ1) is 12.2. The summed E-state index contributed by atoms with van der Waals surface area (Å²) in [5.74, 6) is 0.645. The molecule has 1 saturated carbocycles. The van der Waals surface area contributed by atoms with Crippen molar-refractivity contribution in [2.45, 2.75) is 13.3 Å². The summed E-state index contributed by atoms with van der Waals surface area (Å²) in [7, 11) is 1.57. The van der Waals surface area contributed by atoms with Gasteiger partial charge in [0.2, 0.25) is 0 Å². The minimum absolute atomic E-state index is 0.183. The van der Waals surface area contributed by atoms with E-state index >= 15 is 0 Å². The molecule has 6 heteroatoms. The number of carbonyl (C=O) groups is 2. The van der Waals surface area contributed by atoms with Gasteiger partial charge in [0.1, 0.15) is 0 Å². The number of nitrogens with zero attached hydrogens (tertiary/aromatic N) is 2. The van der Waals surface area contributed by atoms with Gasteiger partial charge in [0, 0.05) is 5.56 Å².